The molecule has 2 aliphatic rings. The fraction of sp³-hybridized carbons (Fsp3) is 0.714. The van der Waals surface area contributed by atoms with Crippen molar-refractivity contribution in [3.63, 3.8) is 0 Å². The highest BCUT2D eigenvalue weighted by atomic mass is 16.5. The lowest BCUT2D eigenvalue weighted by atomic mass is 10.1. The molecule has 1 unspecified atom stereocenters. The van der Waals surface area contributed by atoms with Crippen LogP contribution in [0.1, 0.15) is 12.8 Å². The molecular formula is C21H35N7O3. The van der Waals surface area contributed by atoms with Crippen molar-refractivity contribution in [3.8, 4) is 0 Å². The molecule has 10 heteroatoms. The minimum Gasteiger partial charge on any atom is -0.382 e. The Labute approximate surface area is 184 Å². The van der Waals surface area contributed by atoms with Crippen LogP contribution in [0.2, 0.25) is 0 Å². The number of piperazine rings is 1. The van der Waals surface area contributed by atoms with E-state index >= 15 is 0 Å². The van der Waals surface area contributed by atoms with Gasteiger partial charge in [-0.05, 0) is 12.5 Å². The second kappa shape index (κ2) is 12.4. The molecule has 1 aromatic rings. The molecule has 0 bridgehead atoms. The number of aromatic nitrogens is 2. The first-order valence-corrected chi connectivity index (χ1v) is 11.0. The van der Waals surface area contributed by atoms with Gasteiger partial charge < -0.3 is 29.5 Å². The number of hydrogen-bond acceptors (Lipinski definition) is 7. The number of rotatable bonds is 9. The molecule has 3 rings (SSSR count). The van der Waals surface area contributed by atoms with Gasteiger partial charge in [0.2, 0.25) is 11.9 Å². The van der Waals surface area contributed by atoms with Crippen molar-refractivity contribution in [2.24, 2.45) is 10.9 Å². The highest BCUT2D eigenvalue weighted by molar-refractivity contribution is 5.81. The summed E-state index contributed by atoms with van der Waals surface area (Å²) < 4.78 is 10.7. The molecule has 1 atom stereocenters. The number of hydrogen-bond donors (Lipinski definition) is 1. The summed E-state index contributed by atoms with van der Waals surface area (Å²) >= 11 is 0. The van der Waals surface area contributed by atoms with Crippen molar-refractivity contribution in [1.82, 2.24) is 25.1 Å². The minimum atomic E-state index is 0.169. The standard InChI is InChI=1S/C21H35N7O3/c1-22-20(28-9-5-18(16-28)17-31-15-14-30-2)25-8-4-19(29)26-10-12-27(13-11-26)21-23-6-3-7-24-21/h3,6-7,18H,4-5,8-17H2,1-2H3,(H,22,25). The maximum atomic E-state index is 12.6. The number of nitrogens with one attached hydrogen (secondary N) is 1. The van der Waals surface area contributed by atoms with Crippen LogP contribution in [0.3, 0.4) is 0 Å². The van der Waals surface area contributed by atoms with E-state index in [-0.39, 0.29) is 5.91 Å². The quantitative estimate of drug-likeness (QED) is 0.332. The van der Waals surface area contributed by atoms with Crippen LogP contribution in [0, 0.1) is 5.92 Å². The number of carbonyl (C=O) groups excluding carboxylic acids is 1. The molecule has 0 saturated carbocycles. The third-order valence-corrected chi connectivity index (χ3v) is 5.67. The molecule has 0 spiro atoms. The zero-order valence-electron chi connectivity index (χ0n) is 18.7. The van der Waals surface area contributed by atoms with E-state index in [1.165, 1.54) is 0 Å². The molecule has 172 valence electrons. The number of anilines is 1. The zero-order valence-corrected chi connectivity index (χ0v) is 18.7. The van der Waals surface area contributed by atoms with Crippen LogP contribution >= 0.6 is 0 Å². The average Bonchev–Trinajstić information content (AvgIpc) is 3.29. The molecule has 1 aromatic heterocycles. The van der Waals surface area contributed by atoms with Crippen LogP contribution < -0.4 is 10.2 Å². The van der Waals surface area contributed by atoms with Gasteiger partial charge in [-0.25, -0.2) is 9.97 Å². The molecule has 1 N–H and O–H groups in total. The fourth-order valence-corrected chi connectivity index (χ4v) is 3.94. The van der Waals surface area contributed by atoms with Gasteiger partial charge in [0, 0.05) is 84.7 Å². The molecule has 0 aromatic carbocycles. The minimum absolute atomic E-state index is 0.169. The summed E-state index contributed by atoms with van der Waals surface area (Å²) in [5, 5.41) is 3.35. The largest absolute Gasteiger partial charge is 0.382 e. The van der Waals surface area contributed by atoms with Gasteiger partial charge in [0.25, 0.3) is 0 Å². The first-order valence-electron chi connectivity index (χ1n) is 11.0. The summed E-state index contributed by atoms with van der Waals surface area (Å²) in [7, 11) is 3.47. The van der Waals surface area contributed by atoms with Crippen LogP contribution in [0.25, 0.3) is 0 Å². The summed E-state index contributed by atoms with van der Waals surface area (Å²) in [6.45, 7) is 7.37. The van der Waals surface area contributed by atoms with E-state index in [4.69, 9.17) is 9.47 Å². The van der Waals surface area contributed by atoms with Crippen LogP contribution in [0.15, 0.2) is 23.5 Å². The molecule has 2 saturated heterocycles. The first kappa shape index (κ1) is 23.2. The van der Waals surface area contributed by atoms with E-state index in [9.17, 15) is 4.79 Å². The van der Waals surface area contributed by atoms with Crippen molar-refractivity contribution in [2.45, 2.75) is 12.8 Å². The van der Waals surface area contributed by atoms with Crippen molar-refractivity contribution < 1.29 is 14.3 Å². The monoisotopic (exact) mass is 433 g/mol. The topological polar surface area (TPSA) is 95.4 Å². The summed E-state index contributed by atoms with van der Waals surface area (Å²) in [6.07, 6.45) is 5.03. The Kier molecular flexibility index (Phi) is 9.29. The van der Waals surface area contributed by atoms with Gasteiger partial charge in [-0.15, -0.1) is 0 Å². The Hall–Kier alpha value is -2.46. The Balaban J connectivity index is 1.33. The Morgan fingerprint density at radius 1 is 1.16 bits per heavy atom. The number of aliphatic imine (C=N–C) groups is 1. The van der Waals surface area contributed by atoms with Gasteiger partial charge in [0.1, 0.15) is 0 Å². The number of carbonyl (C=O) groups is 1. The number of guanidine groups is 1. The van der Waals surface area contributed by atoms with Crippen LogP contribution in [-0.2, 0) is 14.3 Å². The lowest BCUT2D eigenvalue weighted by Gasteiger charge is -2.34. The third kappa shape index (κ3) is 7.03. The Morgan fingerprint density at radius 2 is 1.94 bits per heavy atom. The molecule has 1 amide bonds. The highest BCUT2D eigenvalue weighted by Gasteiger charge is 2.26. The summed E-state index contributed by atoms with van der Waals surface area (Å²) in [6, 6.07) is 1.81. The highest BCUT2D eigenvalue weighted by Crippen LogP contribution is 2.16. The van der Waals surface area contributed by atoms with E-state index in [0.717, 1.165) is 51.1 Å². The van der Waals surface area contributed by atoms with Gasteiger partial charge in [-0.1, -0.05) is 0 Å². The smallest absolute Gasteiger partial charge is 0.225 e. The maximum Gasteiger partial charge on any atom is 0.225 e. The van der Waals surface area contributed by atoms with Crippen molar-refractivity contribution >= 4 is 17.8 Å². The second-order valence-corrected chi connectivity index (χ2v) is 7.81. The summed E-state index contributed by atoms with van der Waals surface area (Å²) in [5.41, 5.74) is 0. The molecule has 3 heterocycles. The number of likely N-dealkylation sites (tertiary alicyclic amines) is 1. The predicted molar refractivity (Wildman–Crippen MR) is 119 cm³/mol. The van der Waals surface area contributed by atoms with Crippen molar-refractivity contribution in [1.29, 1.82) is 0 Å². The molecule has 10 nitrogen and oxygen atoms in total. The molecular weight excluding hydrogens is 398 g/mol. The number of ether oxygens (including phenoxy) is 2. The van der Waals surface area contributed by atoms with Gasteiger partial charge in [-0.2, -0.15) is 0 Å². The van der Waals surface area contributed by atoms with Crippen LogP contribution in [0.4, 0.5) is 5.95 Å². The lowest BCUT2D eigenvalue weighted by Crippen LogP contribution is -2.50. The molecule has 31 heavy (non-hydrogen) atoms. The van der Waals surface area contributed by atoms with Crippen molar-refractivity contribution in [2.75, 3.05) is 84.7 Å². The van der Waals surface area contributed by atoms with Gasteiger partial charge >= 0.3 is 0 Å². The van der Waals surface area contributed by atoms with E-state index in [1.807, 2.05) is 11.0 Å². The van der Waals surface area contributed by atoms with E-state index < -0.39 is 0 Å². The van der Waals surface area contributed by atoms with Crippen LogP contribution in [0.5, 0.6) is 0 Å². The Morgan fingerprint density at radius 3 is 2.65 bits per heavy atom. The summed E-state index contributed by atoms with van der Waals surface area (Å²) in [5.74, 6) is 2.26. The van der Waals surface area contributed by atoms with Gasteiger partial charge in [0.15, 0.2) is 5.96 Å². The normalized spacial score (nSPS) is 19.7. The zero-order chi connectivity index (χ0) is 21.9. The molecule has 2 fully saturated rings. The molecule has 2 aliphatic heterocycles. The second-order valence-electron chi connectivity index (χ2n) is 7.81. The van der Waals surface area contributed by atoms with E-state index in [0.29, 0.717) is 45.2 Å². The van der Waals surface area contributed by atoms with E-state index in [2.05, 4.69) is 30.1 Å². The maximum absolute atomic E-state index is 12.6. The predicted octanol–water partition coefficient (Wildman–Crippen LogP) is 0.0756. The third-order valence-electron chi connectivity index (χ3n) is 5.67. The number of amides is 1. The lowest BCUT2D eigenvalue weighted by molar-refractivity contribution is -0.131. The molecule has 0 radical (unpaired) electrons. The average molecular weight is 434 g/mol. The SMILES string of the molecule is CN=C(NCCC(=O)N1CCN(c2ncccn2)CC1)N1CCC(COCCOC)C1. The number of nitrogens with zero attached hydrogens (tertiary/aromatic N) is 6. The van der Waals surface area contributed by atoms with Gasteiger partial charge in [0.05, 0.1) is 19.8 Å². The van der Waals surface area contributed by atoms with Crippen molar-refractivity contribution in [3.05, 3.63) is 18.5 Å². The Bertz CT molecular complexity index is 695. The van der Waals surface area contributed by atoms with Gasteiger partial charge in [-0.3, -0.25) is 9.79 Å². The first-order chi connectivity index (χ1) is 15.2. The summed E-state index contributed by atoms with van der Waals surface area (Å²) in [4.78, 5) is 31.9. The molecule has 0 aliphatic carbocycles. The number of methoxy groups -OCH3 is 1. The van der Waals surface area contributed by atoms with E-state index in [1.54, 1.807) is 26.6 Å². The fourth-order valence-electron chi connectivity index (χ4n) is 3.94. The van der Waals surface area contributed by atoms with Crippen LogP contribution in [-0.4, -0.2) is 111 Å².